The molecule has 88 valence electrons. The minimum atomic E-state index is 0.731. The van der Waals surface area contributed by atoms with Gasteiger partial charge >= 0.3 is 0 Å². The van der Waals surface area contributed by atoms with Gasteiger partial charge in [0.2, 0.25) is 0 Å². The van der Waals surface area contributed by atoms with Gasteiger partial charge in [-0.2, -0.15) is 0 Å². The molecule has 0 aliphatic heterocycles. The van der Waals surface area contributed by atoms with Crippen molar-refractivity contribution in [2.24, 2.45) is 0 Å². The number of benzene rings is 1. The van der Waals surface area contributed by atoms with Crippen LogP contribution in [0.15, 0.2) is 24.3 Å². The summed E-state index contributed by atoms with van der Waals surface area (Å²) in [6, 6.07) is 9.63. The second kappa shape index (κ2) is 5.01. The van der Waals surface area contributed by atoms with Crippen LogP contribution in [0.25, 0.3) is 0 Å². The van der Waals surface area contributed by atoms with E-state index < -0.39 is 0 Å². The van der Waals surface area contributed by atoms with E-state index in [0.717, 1.165) is 12.0 Å². The lowest BCUT2D eigenvalue weighted by atomic mass is 9.78. The molecule has 1 aliphatic carbocycles. The standard InChI is InChI=1S/C15H23N/c1-12-8-4-5-9-13(12)14-10-6-7-11-15(14)16(2)3/h4-5,8-9,14-15H,6-7,10-11H2,1-3H3/t14-,15-/m0/s1. The van der Waals surface area contributed by atoms with Crippen LogP contribution in [0, 0.1) is 6.92 Å². The van der Waals surface area contributed by atoms with E-state index in [9.17, 15) is 0 Å². The van der Waals surface area contributed by atoms with Crippen LogP contribution in [0.3, 0.4) is 0 Å². The average Bonchev–Trinajstić information content (AvgIpc) is 2.29. The van der Waals surface area contributed by atoms with E-state index in [-0.39, 0.29) is 0 Å². The van der Waals surface area contributed by atoms with Gasteiger partial charge in [-0.25, -0.2) is 0 Å². The van der Waals surface area contributed by atoms with E-state index in [1.54, 1.807) is 5.56 Å². The van der Waals surface area contributed by atoms with E-state index in [2.05, 4.69) is 50.2 Å². The number of likely N-dealkylation sites (N-methyl/N-ethyl adjacent to an activating group) is 1. The Morgan fingerprint density at radius 2 is 1.75 bits per heavy atom. The maximum Gasteiger partial charge on any atom is 0.0158 e. The highest BCUT2D eigenvalue weighted by Gasteiger charge is 2.28. The van der Waals surface area contributed by atoms with Gasteiger partial charge in [0.05, 0.1) is 0 Å². The number of rotatable bonds is 2. The third kappa shape index (κ3) is 2.30. The third-order valence-corrected chi connectivity index (χ3v) is 3.98. The molecule has 16 heavy (non-hydrogen) atoms. The fraction of sp³-hybridized carbons (Fsp3) is 0.600. The van der Waals surface area contributed by atoms with Crippen molar-refractivity contribution in [2.75, 3.05) is 14.1 Å². The fourth-order valence-electron chi connectivity index (χ4n) is 3.09. The highest BCUT2D eigenvalue weighted by Crippen LogP contribution is 2.36. The molecule has 0 heterocycles. The molecule has 0 N–H and O–H groups in total. The molecule has 1 nitrogen and oxygen atoms in total. The van der Waals surface area contributed by atoms with Gasteiger partial charge in [0, 0.05) is 6.04 Å². The molecule has 1 aliphatic rings. The Kier molecular flexibility index (Phi) is 3.65. The predicted octanol–water partition coefficient (Wildman–Crippen LogP) is 3.58. The maximum absolute atomic E-state index is 2.41. The topological polar surface area (TPSA) is 3.24 Å². The first kappa shape index (κ1) is 11.7. The van der Waals surface area contributed by atoms with E-state index in [0.29, 0.717) is 0 Å². The summed E-state index contributed by atoms with van der Waals surface area (Å²) in [6.07, 6.45) is 5.49. The largest absolute Gasteiger partial charge is 0.306 e. The molecule has 0 radical (unpaired) electrons. The molecule has 1 saturated carbocycles. The molecular formula is C15H23N. The van der Waals surface area contributed by atoms with E-state index in [4.69, 9.17) is 0 Å². The van der Waals surface area contributed by atoms with Gasteiger partial charge in [-0.3, -0.25) is 0 Å². The van der Waals surface area contributed by atoms with Crippen molar-refractivity contribution in [3.05, 3.63) is 35.4 Å². The van der Waals surface area contributed by atoms with Crippen LogP contribution < -0.4 is 0 Å². The normalized spacial score (nSPS) is 26.0. The number of hydrogen-bond acceptors (Lipinski definition) is 1. The number of hydrogen-bond donors (Lipinski definition) is 0. The van der Waals surface area contributed by atoms with Crippen LogP contribution in [0.2, 0.25) is 0 Å². The van der Waals surface area contributed by atoms with E-state index in [1.165, 1.54) is 31.2 Å². The van der Waals surface area contributed by atoms with Crippen molar-refractivity contribution in [2.45, 2.75) is 44.6 Å². The first-order valence-electron chi connectivity index (χ1n) is 6.42. The summed E-state index contributed by atoms with van der Waals surface area (Å²) in [6.45, 7) is 2.25. The SMILES string of the molecule is Cc1ccccc1[C@@H]1CCCC[C@@H]1N(C)C. The molecule has 0 unspecified atom stereocenters. The van der Waals surface area contributed by atoms with Gasteiger partial charge in [0.15, 0.2) is 0 Å². The van der Waals surface area contributed by atoms with Crippen molar-refractivity contribution >= 4 is 0 Å². The molecule has 2 rings (SSSR count). The monoisotopic (exact) mass is 217 g/mol. The molecule has 1 aromatic rings. The summed E-state index contributed by atoms with van der Waals surface area (Å²) in [7, 11) is 4.45. The maximum atomic E-state index is 2.41. The summed E-state index contributed by atoms with van der Waals surface area (Å²) in [4.78, 5) is 2.41. The molecule has 0 spiro atoms. The first-order chi connectivity index (χ1) is 7.70. The number of nitrogens with zero attached hydrogens (tertiary/aromatic N) is 1. The molecule has 1 heteroatoms. The van der Waals surface area contributed by atoms with Gasteiger partial charge < -0.3 is 4.90 Å². The van der Waals surface area contributed by atoms with Gasteiger partial charge in [-0.05, 0) is 50.9 Å². The fourth-order valence-corrected chi connectivity index (χ4v) is 3.09. The van der Waals surface area contributed by atoms with Crippen molar-refractivity contribution in [1.82, 2.24) is 4.90 Å². The Morgan fingerprint density at radius 1 is 1.06 bits per heavy atom. The van der Waals surface area contributed by atoms with Gasteiger partial charge in [0.1, 0.15) is 0 Å². The van der Waals surface area contributed by atoms with Gasteiger partial charge in [-0.1, -0.05) is 37.1 Å². The van der Waals surface area contributed by atoms with Crippen molar-refractivity contribution < 1.29 is 0 Å². The summed E-state index contributed by atoms with van der Waals surface area (Å²) in [5.41, 5.74) is 3.03. The first-order valence-corrected chi connectivity index (χ1v) is 6.42. The number of aryl methyl sites for hydroxylation is 1. The lowest BCUT2D eigenvalue weighted by Crippen LogP contribution is -2.36. The van der Waals surface area contributed by atoms with E-state index >= 15 is 0 Å². The highest BCUT2D eigenvalue weighted by atomic mass is 15.1. The van der Waals surface area contributed by atoms with Crippen LogP contribution in [0.1, 0.15) is 42.7 Å². The van der Waals surface area contributed by atoms with Crippen molar-refractivity contribution in [1.29, 1.82) is 0 Å². The van der Waals surface area contributed by atoms with Crippen LogP contribution in [-0.4, -0.2) is 25.0 Å². The Labute approximate surface area is 99.5 Å². The van der Waals surface area contributed by atoms with Gasteiger partial charge in [-0.15, -0.1) is 0 Å². The van der Waals surface area contributed by atoms with Crippen LogP contribution in [0.5, 0.6) is 0 Å². The zero-order valence-corrected chi connectivity index (χ0v) is 10.7. The lowest BCUT2D eigenvalue weighted by molar-refractivity contribution is 0.199. The van der Waals surface area contributed by atoms with E-state index in [1.807, 2.05) is 0 Å². The molecule has 0 aromatic heterocycles. The second-order valence-electron chi connectivity index (χ2n) is 5.28. The predicted molar refractivity (Wildman–Crippen MR) is 69.9 cm³/mol. The molecular weight excluding hydrogens is 194 g/mol. The van der Waals surface area contributed by atoms with Crippen molar-refractivity contribution in [3.8, 4) is 0 Å². The summed E-state index contributed by atoms with van der Waals surface area (Å²) in [5, 5.41) is 0. The summed E-state index contributed by atoms with van der Waals surface area (Å²) >= 11 is 0. The molecule has 0 saturated heterocycles. The quantitative estimate of drug-likeness (QED) is 0.732. The minimum Gasteiger partial charge on any atom is -0.306 e. The molecule has 1 fully saturated rings. The van der Waals surface area contributed by atoms with Gasteiger partial charge in [0.25, 0.3) is 0 Å². The second-order valence-corrected chi connectivity index (χ2v) is 5.28. The third-order valence-electron chi connectivity index (χ3n) is 3.98. The van der Waals surface area contributed by atoms with Crippen LogP contribution >= 0.6 is 0 Å². The molecule has 0 amide bonds. The molecule has 1 aromatic carbocycles. The lowest BCUT2D eigenvalue weighted by Gasteiger charge is -2.37. The zero-order chi connectivity index (χ0) is 11.5. The Morgan fingerprint density at radius 3 is 2.44 bits per heavy atom. The molecule has 2 atom stereocenters. The van der Waals surface area contributed by atoms with Crippen LogP contribution in [-0.2, 0) is 0 Å². The minimum absolute atomic E-state index is 0.731. The Bertz CT molecular complexity index is 343. The Balaban J connectivity index is 2.27. The molecule has 0 bridgehead atoms. The van der Waals surface area contributed by atoms with Crippen LogP contribution in [0.4, 0.5) is 0 Å². The summed E-state index contributed by atoms with van der Waals surface area (Å²) in [5.74, 6) is 0.741. The average molecular weight is 217 g/mol. The smallest absolute Gasteiger partial charge is 0.0158 e. The van der Waals surface area contributed by atoms with Crippen molar-refractivity contribution in [3.63, 3.8) is 0 Å². The highest BCUT2D eigenvalue weighted by molar-refractivity contribution is 5.30. The Hall–Kier alpha value is -0.820. The summed E-state index contributed by atoms with van der Waals surface area (Å²) < 4.78 is 0. The zero-order valence-electron chi connectivity index (χ0n) is 10.7.